The SMILES string of the molecule is C=NC1=N[C@@](c2cc(NC(=O)c3cnc(OCC(F)(F)F)cn3)ccc2F)(C(F)F)COC1. The number of ether oxygens (including phenoxy) is 2. The van der Waals surface area contributed by atoms with Gasteiger partial charge in [0.1, 0.15) is 24.0 Å². The van der Waals surface area contributed by atoms with Gasteiger partial charge in [0.05, 0.1) is 19.0 Å². The number of carbonyl (C=O) groups excluding carboxylic acids is 1. The minimum atomic E-state index is -4.58. The van der Waals surface area contributed by atoms with Crippen LogP contribution in [0.15, 0.2) is 40.6 Å². The van der Waals surface area contributed by atoms with Gasteiger partial charge in [0.15, 0.2) is 12.1 Å². The van der Waals surface area contributed by atoms with E-state index in [0.29, 0.717) is 0 Å². The largest absolute Gasteiger partial charge is 0.467 e. The van der Waals surface area contributed by atoms with Crippen molar-refractivity contribution in [2.45, 2.75) is 18.1 Å². The quantitative estimate of drug-likeness (QED) is 0.510. The molecule has 1 aliphatic heterocycles. The van der Waals surface area contributed by atoms with Crippen LogP contribution in [0.25, 0.3) is 0 Å². The average Bonchev–Trinajstić information content (AvgIpc) is 2.78. The van der Waals surface area contributed by atoms with Crippen LogP contribution in [0.3, 0.4) is 0 Å². The van der Waals surface area contributed by atoms with Crippen molar-refractivity contribution < 1.29 is 40.6 Å². The Morgan fingerprint density at radius 2 is 2.06 bits per heavy atom. The second kappa shape index (κ2) is 9.52. The number of amidine groups is 1. The van der Waals surface area contributed by atoms with Gasteiger partial charge in [-0.15, -0.1) is 0 Å². The molecule has 1 aromatic carbocycles. The van der Waals surface area contributed by atoms with Gasteiger partial charge in [0.25, 0.3) is 12.3 Å². The van der Waals surface area contributed by atoms with Crippen LogP contribution >= 0.6 is 0 Å². The van der Waals surface area contributed by atoms with Crippen LogP contribution in [0.5, 0.6) is 5.88 Å². The highest BCUT2D eigenvalue weighted by Gasteiger charge is 2.46. The fourth-order valence-corrected chi connectivity index (χ4v) is 2.83. The monoisotopic (exact) mass is 475 g/mol. The molecule has 1 aliphatic rings. The number of amides is 1. The third kappa shape index (κ3) is 5.63. The lowest BCUT2D eigenvalue weighted by Crippen LogP contribution is -2.43. The van der Waals surface area contributed by atoms with E-state index in [2.05, 4.69) is 36.7 Å². The normalized spacial score (nSPS) is 18.6. The highest BCUT2D eigenvalue weighted by molar-refractivity contribution is 6.02. The summed E-state index contributed by atoms with van der Waals surface area (Å²) in [6, 6.07) is 2.94. The Balaban J connectivity index is 1.82. The van der Waals surface area contributed by atoms with Gasteiger partial charge in [0, 0.05) is 11.3 Å². The van der Waals surface area contributed by atoms with Gasteiger partial charge in [-0.2, -0.15) is 13.2 Å². The Hall–Kier alpha value is -3.55. The lowest BCUT2D eigenvalue weighted by molar-refractivity contribution is -0.154. The zero-order valence-electron chi connectivity index (χ0n) is 16.6. The van der Waals surface area contributed by atoms with Crippen LogP contribution in [0.4, 0.5) is 32.0 Å². The summed E-state index contributed by atoms with van der Waals surface area (Å²) in [5, 5.41) is 2.32. The van der Waals surface area contributed by atoms with Gasteiger partial charge in [-0.05, 0) is 24.9 Å². The maximum absolute atomic E-state index is 14.5. The molecule has 0 saturated carbocycles. The molecule has 2 aromatic rings. The Labute approximate surface area is 182 Å². The molecule has 176 valence electrons. The number of aromatic nitrogens is 2. The van der Waals surface area contributed by atoms with E-state index in [-0.39, 0.29) is 23.8 Å². The minimum Gasteiger partial charge on any atom is -0.467 e. The van der Waals surface area contributed by atoms with E-state index < -0.39 is 54.5 Å². The average molecular weight is 475 g/mol. The number of benzene rings is 1. The number of alkyl halides is 5. The molecule has 0 fully saturated rings. The Morgan fingerprint density at radius 3 is 2.67 bits per heavy atom. The molecule has 0 saturated heterocycles. The molecule has 14 heteroatoms. The number of hydrogen-bond donors (Lipinski definition) is 1. The maximum Gasteiger partial charge on any atom is 0.422 e. The number of nitrogens with one attached hydrogen (secondary N) is 1. The topological polar surface area (TPSA) is 98.1 Å². The van der Waals surface area contributed by atoms with Gasteiger partial charge in [-0.3, -0.25) is 4.79 Å². The fourth-order valence-electron chi connectivity index (χ4n) is 2.83. The van der Waals surface area contributed by atoms with Crippen LogP contribution in [0.2, 0.25) is 0 Å². The molecule has 0 spiro atoms. The molecule has 8 nitrogen and oxygen atoms in total. The van der Waals surface area contributed by atoms with E-state index in [9.17, 15) is 31.1 Å². The molecule has 0 aliphatic carbocycles. The highest BCUT2D eigenvalue weighted by Crippen LogP contribution is 2.38. The second-order valence-electron chi connectivity index (χ2n) is 6.70. The number of halogens is 6. The van der Waals surface area contributed by atoms with Crippen LogP contribution < -0.4 is 10.1 Å². The molecule has 1 amide bonds. The number of hydrogen-bond acceptors (Lipinski definition) is 7. The van der Waals surface area contributed by atoms with Crippen LogP contribution in [0, 0.1) is 5.82 Å². The molecule has 1 N–H and O–H groups in total. The van der Waals surface area contributed by atoms with Gasteiger partial charge in [0.2, 0.25) is 5.88 Å². The van der Waals surface area contributed by atoms with E-state index in [1.165, 1.54) is 0 Å². The smallest absolute Gasteiger partial charge is 0.422 e. The number of carbonyl (C=O) groups is 1. The molecule has 0 unspecified atom stereocenters. The van der Waals surface area contributed by atoms with Gasteiger partial charge in [-0.25, -0.2) is 33.1 Å². The summed E-state index contributed by atoms with van der Waals surface area (Å²) in [5.41, 5.74) is -3.35. The Bertz CT molecular complexity index is 1060. The van der Waals surface area contributed by atoms with Gasteiger partial charge >= 0.3 is 6.18 Å². The molecular weight excluding hydrogens is 460 g/mol. The van der Waals surface area contributed by atoms with Crippen molar-refractivity contribution >= 4 is 24.1 Å². The maximum atomic E-state index is 14.5. The van der Waals surface area contributed by atoms with Crippen molar-refractivity contribution in [1.29, 1.82) is 0 Å². The summed E-state index contributed by atoms with van der Waals surface area (Å²) in [7, 11) is 0. The zero-order valence-corrected chi connectivity index (χ0v) is 16.6. The fraction of sp³-hybridized carbons (Fsp3) is 0.316. The van der Waals surface area contributed by atoms with Crippen molar-refractivity contribution in [2.24, 2.45) is 9.98 Å². The van der Waals surface area contributed by atoms with Crippen molar-refractivity contribution in [2.75, 3.05) is 25.1 Å². The lowest BCUT2D eigenvalue weighted by atomic mass is 9.90. The standard InChI is InChI=1S/C19H15F6N5O3/c1-26-14-7-32-8-18(30-14,17(21)22)11-4-10(2-3-12(11)20)29-16(31)13-5-28-15(6-27-13)33-9-19(23,24)25/h2-6,17H,1,7-9H2,(H,29,31)/t18-/m0/s1. The predicted molar refractivity (Wildman–Crippen MR) is 103 cm³/mol. The second-order valence-corrected chi connectivity index (χ2v) is 6.70. The summed E-state index contributed by atoms with van der Waals surface area (Å²) >= 11 is 0. The first kappa shape index (κ1) is 24.1. The summed E-state index contributed by atoms with van der Waals surface area (Å²) in [6.45, 7) is 0.816. The van der Waals surface area contributed by atoms with E-state index in [1.807, 2.05) is 0 Å². The first-order chi connectivity index (χ1) is 15.5. The minimum absolute atomic E-state index is 0.0792. The van der Waals surface area contributed by atoms with Crippen LogP contribution in [-0.2, 0) is 10.3 Å². The van der Waals surface area contributed by atoms with E-state index in [1.54, 1.807) is 0 Å². The van der Waals surface area contributed by atoms with Gasteiger partial charge in [-0.1, -0.05) is 0 Å². The predicted octanol–water partition coefficient (Wildman–Crippen LogP) is 3.40. The lowest BCUT2D eigenvalue weighted by Gasteiger charge is -2.33. The molecule has 1 aromatic heterocycles. The molecule has 3 rings (SSSR count). The van der Waals surface area contributed by atoms with E-state index in [0.717, 1.165) is 30.6 Å². The third-order valence-electron chi connectivity index (χ3n) is 4.36. The van der Waals surface area contributed by atoms with Crippen molar-refractivity contribution in [3.05, 3.63) is 47.7 Å². The summed E-state index contributed by atoms with van der Waals surface area (Å²) < 4.78 is 88.5. The first-order valence-corrected chi connectivity index (χ1v) is 9.08. The van der Waals surface area contributed by atoms with Crippen molar-refractivity contribution in [3.8, 4) is 5.88 Å². The zero-order chi connectivity index (χ0) is 24.2. The summed E-state index contributed by atoms with van der Waals surface area (Å²) in [4.78, 5) is 26.9. The van der Waals surface area contributed by atoms with Gasteiger partial charge < -0.3 is 14.8 Å². The van der Waals surface area contributed by atoms with Crippen molar-refractivity contribution in [1.82, 2.24) is 9.97 Å². The van der Waals surface area contributed by atoms with E-state index in [4.69, 9.17) is 4.74 Å². The summed E-state index contributed by atoms with van der Waals surface area (Å²) in [6.07, 6.45) is -6.10. The first-order valence-electron chi connectivity index (χ1n) is 9.08. The summed E-state index contributed by atoms with van der Waals surface area (Å²) in [5.74, 6) is -2.51. The molecule has 33 heavy (non-hydrogen) atoms. The molecular formula is C19H15F6N5O3. The molecule has 0 radical (unpaired) electrons. The number of rotatable bonds is 6. The third-order valence-corrected chi connectivity index (χ3v) is 4.36. The van der Waals surface area contributed by atoms with Crippen LogP contribution in [0.1, 0.15) is 16.1 Å². The number of nitrogens with zero attached hydrogens (tertiary/aromatic N) is 4. The highest BCUT2D eigenvalue weighted by atomic mass is 19.4. The Morgan fingerprint density at radius 1 is 1.30 bits per heavy atom. The molecule has 0 bridgehead atoms. The number of anilines is 1. The Kier molecular flexibility index (Phi) is 6.95. The van der Waals surface area contributed by atoms with Crippen LogP contribution in [-0.4, -0.2) is 60.9 Å². The van der Waals surface area contributed by atoms with Crippen molar-refractivity contribution in [3.63, 3.8) is 0 Å². The number of aliphatic imine (C=N–C) groups is 2. The molecule has 1 atom stereocenters. The van der Waals surface area contributed by atoms with E-state index >= 15 is 0 Å². The molecule has 2 heterocycles.